The summed E-state index contributed by atoms with van der Waals surface area (Å²) in [4.78, 5) is 1.63. The van der Waals surface area contributed by atoms with Gasteiger partial charge in [-0.1, -0.05) is 18.2 Å². The Morgan fingerprint density at radius 1 is 1.00 bits per heavy atom. The molecule has 0 amide bonds. The van der Waals surface area contributed by atoms with Crippen LogP contribution in [0.15, 0.2) is 54.6 Å². The van der Waals surface area contributed by atoms with E-state index in [1.807, 2.05) is 68.4 Å². The van der Waals surface area contributed by atoms with Gasteiger partial charge in [-0.2, -0.15) is 5.10 Å². The summed E-state index contributed by atoms with van der Waals surface area (Å²) in [5.74, 6) is 1.60. The SMILES string of the molecule is CCOc1ccc(Nc2nn(-c3ccccc3)nc2C)cc1. The number of nitrogens with one attached hydrogen (secondary N) is 1. The topological polar surface area (TPSA) is 52.0 Å². The van der Waals surface area contributed by atoms with Gasteiger partial charge in [0.15, 0.2) is 5.82 Å². The molecule has 0 fully saturated rings. The Morgan fingerprint density at radius 3 is 2.41 bits per heavy atom. The molecule has 0 radical (unpaired) electrons. The number of benzene rings is 2. The van der Waals surface area contributed by atoms with E-state index in [0.717, 1.165) is 28.6 Å². The molecule has 3 rings (SSSR count). The molecule has 0 aliphatic carbocycles. The van der Waals surface area contributed by atoms with Gasteiger partial charge in [0.1, 0.15) is 11.4 Å². The highest BCUT2D eigenvalue weighted by Gasteiger charge is 2.08. The van der Waals surface area contributed by atoms with E-state index in [2.05, 4.69) is 15.5 Å². The van der Waals surface area contributed by atoms with E-state index in [4.69, 9.17) is 4.74 Å². The average molecular weight is 294 g/mol. The number of ether oxygens (including phenoxy) is 1. The first-order valence-electron chi connectivity index (χ1n) is 7.25. The number of aromatic nitrogens is 3. The Labute approximate surface area is 129 Å². The lowest BCUT2D eigenvalue weighted by molar-refractivity contribution is 0.340. The molecule has 0 saturated carbocycles. The van der Waals surface area contributed by atoms with Crippen molar-refractivity contribution in [2.45, 2.75) is 13.8 Å². The molecule has 1 aromatic heterocycles. The Hall–Kier alpha value is -2.82. The van der Waals surface area contributed by atoms with Gasteiger partial charge in [0.2, 0.25) is 0 Å². The van der Waals surface area contributed by atoms with Gasteiger partial charge in [-0.3, -0.25) is 0 Å². The zero-order valence-electron chi connectivity index (χ0n) is 12.7. The fraction of sp³-hybridized carbons (Fsp3) is 0.176. The second-order valence-electron chi connectivity index (χ2n) is 4.84. The van der Waals surface area contributed by atoms with Crippen LogP contribution in [-0.4, -0.2) is 21.6 Å². The molecule has 1 heterocycles. The van der Waals surface area contributed by atoms with Crippen molar-refractivity contribution in [1.29, 1.82) is 0 Å². The summed E-state index contributed by atoms with van der Waals surface area (Å²) in [6, 6.07) is 17.6. The largest absolute Gasteiger partial charge is 0.494 e. The number of hydrogen-bond donors (Lipinski definition) is 1. The Bertz CT molecular complexity index is 735. The van der Waals surface area contributed by atoms with Crippen molar-refractivity contribution in [3.05, 3.63) is 60.3 Å². The third kappa shape index (κ3) is 3.09. The normalized spacial score (nSPS) is 10.5. The first kappa shape index (κ1) is 14.1. The van der Waals surface area contributed by atoms with Gasteiger partial charge in [0, 0.05) is 5.69 Å². The van der Waals surface area contributed by atoms with Gasteiger partial charge in [-0.25, -0.2) is 0 Å². The van der Waals surface area contributed by atoms with E-state index in [1.54, 1.807) is 4.80 Å². The first-order valence-corrected chi connectivity index (χ1v) is 7.25. The highest BCUT2D eigenvalue weighted by atomic mass is 16.5. The van der Waals surface area contributed by atoms with Crippen LogP contribution >= 0.6 is 0 Å². The summed E-state index contributed by atoms with van der Waals surface area (Å²) in [6.45, 7) is 4.57. The summed E-state index contributed by atoms with van der Waals surface area (Å²) < 4.78 is 5.44. The molecule has 0 spiro atoms. The molecule has 2 aromatic carbocycles. The fourth-order valence-corrected chi connectivity index (χ4v) is 2.11. The molecule has 5 heteroatoms. The Balaban J connectivity index is 1.79. The number of aryl methyl sites for hydroxylation is 1. The Kier molecular flexibility index (Phi) is 4.05. The smallest absolute Gasteiger partial charge is 0.176 e. The molecule has 112 valence electrons. The maximum absolute atomic E-state index is 5.44. The molecule has 3 aromatic rings. The monoisotopic (exact) mass is 294 g/mol. The lowest BCUT2D eigenvalue weighted by atomic mass is 10.3. The standard InChI is InChI=1S/C17H18N4O/c1-3-22-16-11-9-14(10-12-16)18-17-13(2)19-21(20-17)15-7-5-4-6-8-15/h4-12H,3H2,1-2H3,(H,18,20). The van der Waals surface area contributed by atoms with E-state index in [9.17, 15) is 0 Å². The predicted octanol–water partition coefficient (Wildman–Crippen LogP) is 3.72. The summed E-state index contributed by atoms with van der Waals surface area (Å²) >= 11 is 0. The van der Waals surface area contributed by atoms with Gasteiger partial charge < -0.3 is 10.1 Å². The van der Waals surface area contributed by atoms with Crippen LogP contribution in [0.2, 0.25) is 0 Å². The molecular weight excluding hydrogens is 276 g/mol. The van der Waals surface area contributed by atoms with Crippen LogP contribution in [0.5, 0.6) is 5.75 Å². The zero-order chi connectivity index (χ0) is 15.4. The second-order valence-corrected chi connectivity index (χ2v) is 4.84. The molecule has 0 aliphatic heterocycles. The van der Waals surface area contributed by atoms with Gasteiger partial charge in [0.25, 0.3) is 0 Å². The minimum absolute atomic E-state index is 0.664. The van der Waals surface area contributed by atoms with Gasteiger partial charge in [0.05, 0.1) is 12.3 Å². The van der Waals surface area contributed by atoms with E-state index in [-0.39, 0.29) is 0 Å². The number of hydrogen-bond acceptors (Lipinski definition) is 4. The van der Waals surface area contributed by atoms with Gasteiger partial charge >= 0.3 is 0 Å². The van der Waals surface area contributed by atoms with Crippen molar-refractivity contribution >= 4 is 11.5 Å². The average Bonchev–Trinajstić information content (AvgIpc) is 2.91. The van der Waals surface area contributed by atoms with Crippen LogP contribution in [0.4, 0.5) is 11.5 Å². The van der Waals surface area contributed by atoms with E-state index in [0.29, 0.717) is 6.61 Å². The predicted molar refractivity (Wildman–Crippen MR) is 87.0 cm³/mol. The number of anilines is 2. The highest BCUT2D eigenvalue weighted by Crippen LogP contribution is 2.21. The fourth-order valence-electron chi connectivity index (χ4n) is 2.11. The van der Waals surface area contributed by atoms with Crippen molar-refractivity contribution in [2.75, 3.05) is 11.9 Å². The van der Waals surface area contributed by atoms with Crippen molar-refractivity contribution in [2.24, 2.45) is 0 Å². The number of rotatable bonds is 5. The molecule has 0 saturated heterocycles. The van der Waals surface area contributed by atoms with Crippen LogP contribution in [0.25, 0.3) is 5.69 Å². The van der Waals surface area contributed by atoms with Gasteiger partial charge in [-0.05, 0) is 50.2 Å². The van der Waals surface area contributed by atoms with Crippen molar-refractivity contribution in [3.63, 3.8) is 0 Å². The maximum Gasteiger partial charge on any atom is 0.176 e. The minimum Gasteiger partial charge on any atom is -0.494 e. The summed E-state index contributed by atoms with van der Waals surface area (Å²) in [7, 11) is 0. The number of para-hydroxylation sites is 1. The van der Waals surface area contributed by atoms with Crippen molar-refractivity contribution in [3.8, 4) is 11.4 Å². The third-order valence-corrected chi connectivity index (χ3v) is 3.20. The van der Waals surface area contributed by atoms with E-state index >= 15 is 0 Å². The van der Waals surface area contributed by atoms with E-state index < -0.39 is 0 Å². The lowest BCUT2D eigenvalue weighted by Gasteiger charge is -2.06. The van der Waals surface area contributed by atoms with Crippen LogP contribution in [0.1, 0.15) is 12.6 Å². The van der Waals surface area contributed by atoms with Gasteiger partial charge in [-0.15, -0.1) is 9.90 Å². The van der Waals surface area contributed by atoms with Crippen LogP contribution < -0.4 is 10.1 Å². The summed E-state index contributed by atoms with van der Waals surface area (Å²) in [5, 5.41) is 12.2. The lowest BCUT2D eigenvalue weighted by Crippen LogP contribution is -1.99. The third-order valence-electron chi connectivity index (χ3n) is 3.20. The molecule has 0 bridgehead atoms. The molecule has 0 aliphatic rings. The molecule has 5 nitrogen and oxygen atoms in total. The van der Waals surface area contributed by atoms with Crippen molar-refractivity contribution in [1.82, 2.24) is 15.0 Å². The molecular formula is C17H18N4O. The number of nitrogens with zero attached hydrogens (tertiary/aromatic N) is 3. The second kappa shape index (κ2) is 6.30. The Morgan fingerprint density at radius 2 is 1.73 bits per heavy atom. The van der Waals surface area contributed by atoms with E-state index in [1.165, 1.54) is 0 Å². The minimum atomic E-state index is 0.664. The van der Waals surface area contributed by atoms with Crippen molar-refractivity contribution < 1.29 is 4.74 Å². The summed E-state index contributed by atoms with van der Waals surface area (Å²) in [6.07, 6.45) is 0. The maximum atomic E-state index is 5.44. The molecule has 0 atom stereocenters. The molecule has 1 N–H and O–H groups in total. The molecule has 22 heavy (non-hydrogen) atoms. The summed E-state index contributed by atoms with van der Waals surface area (Å²) in [5.41, 5.74) is 2.73. The van der Waals surface area contributed by atoms with Crippen LogP contribution in [-0.2, 0) is 0 Å². The van der Waals surface area contributed by atoms with Crippen LogP contribution in [0, 0.1) is 6.92 Å². The first-order chi connectivity index (χ1) is 10.8. The highest BCUT2D eigenvalue weighted by molar-refractivity contribution is 5.58. The quantitative estimate of drug-likeness (QED) is 0.779. The van der Waals surface area contributed by atoms with Crippen LogP contribution in [0.3, 0.4) is 0 Å². The zero-order valence-corrected chi connectivity index (χ0v) is 12.7. The molecule has 0 unspecified atom stereocenters.